The number of anilines is 2. The van der Waals surface area contributed by atoms with Gasteiger partial charge in [-0.2, -0.15) is 0 Å². The number of nitrogens with one attached hydrogen (secondary N) is 2. The minimum atomic E-state index is -0.345. The molecule has 0 bridgehead atoms. The Hall–Kier alpha value is -2.63. The Bertz CT molecular complexity index is 798. The van der Waals surface area contributed by atoms with E-state index in [1.54, 1.807) is 18.2 Å². The number of hydrogen-bond acceptors (Lipinski definition) is 5. The second-order valence-electron chi connectivity index (χ2n) is 5.89. The van der Waals surface area contributed by atoms with Gasteiger partial charge in [-0.3, -0.25) is 9.78 Å². The quantitative estimate of drug-likeness (QED) is 0.629. The molecule has 6 nitrogen and oxygen atoms in total. The van der Waals surface area contributed by atoms with Crippen molar-refractivity contribution in [2.45, 2.75) is 39.0 Å². The SMILES string of the molecule is CCCCOC(=O)c1cccc(Nc2nc3c(c(=O)[nH]2)CCC3)c1. The summed E-state index contributed by atoms with van der Waals surface area (Å²) in [5, 5.41) is 3.06. The van der Waals surface area contributed by atoms with E-state index in [1.165, 1.54) is 0 Å². The molecule has 0 saturated carbocycles. The number of aryl methyl sites for hydroxylation is 1. The van der Waals surface area contributed by atoms with Crippen LogP contribution in [-0.2, 0) is 17.6 Å². The molecule has 0 saturated heterocycles. The van der Waals surface area contributed by atoms with Crippen LogP contribution in [0.15, 0.2) is 29.1 Å². The lowest BCUT2D eigenvalue weighted by Crippen LogP contribution is -2.16. The molecule has 0 atom stereocenters. The van der Waals surface area contributed by atoms with Crippen molar-refractivity contribution in [3.8, 4) is 0 Å². The van der Waals surface area contributed by atoms with Gasteiger partial charge in [0.2, 0.25) is 5.95 Å². The van der Waals surface area contributed by atoms with E-state index >= 15 is 0 Å². The lowest BCUT2D eigenvalue weighted by Gasteiger charge is -2.09. The minimum absolute atomic E-state index is 0.0878. The fourth-order valence-corrected chi connectivity index (χ4v) is 2.75. The number of unbranched alkanes of at least 4 members (excludes halogenated alkanes) is 1. The summed E-state index contributed by atoms with van der Waals surface area (Å²) in [6.45, 7) is 2.47. The van der Waals surface area contributed by atoms with Gasteiger partial charge in [0, 0.05) is 11.3 Å². The van der Waals surface area contributed by atoms with Crippen LogP contribution in [0.25, 0.3) is 0 Å². The van der Waals surface area contributed by atoms with Crippen LogP contribution in [0.1, 0.15) is 47.8 Å². The van der Waals surface area contributed by atoms with Crippen molar-refractivity contribution >= 4 is 17.6 Å². The zero-order valence-electron chi connectivity index (χ0n) is 13.7. The standard InChI is InChI=1S/C18H21N3O3/c1-2-3-10-24-17(23)12-6-4-7-13(11-12)19-18-20-15-9-5-8-14(15)16(22)21-18/h4,6-7,11H,2-3,5,8-10H2,1H3,(H2,19,20,21,22). The van der Waals surface area contributed by atoms with E-state index in [2.05, 4.69) is 15.3 Å². The second kappa shape index (κ2) is 7.29. The number of esters is 1. The van der Waals surface area contributed by atoms with Gasteiger partial charge >= 0.3 is 5.97 Å². The van der Waals surface area contributed by atoms with E-state index in [0.29, 0.717) is 23.8 Å². The van der Waals surface area contributed by atoms with Crippen LogP contribution < -0.4 is 10.9 Å². The van der Waals surface area contributed by atoms with Crippen LogP contribution in [0.4, 0.5) is 11.6 Å². The summed E-state index contributed by atoms with van der Waals surface area (Å²) >= 11 is 0. The number of nitrogens with zero attached hydrogens (tertiary/aromatic N) is 1. The molecule has 1 aromatic carbocycles. The molecule has 126 valence electrons. The maximum atomic E-state index is 12.0. The van der Waals surface area contributed by atoms with Gasteiger partial charge in [0.1, 0.15) is 0 Å². The van der Waals surface area contributed by atoms with Gasteiger partial charge in [-0.25, -0.2) is 9.78 Å². The number of aromatic nitrogens is 2. The Morgan fingerprint density at radius 3 is 3.08 bits per heavy atom. The summed E-state index contributed by atoms with van der Waals surface area (Å²) in [5.41, 5.74) is 2.71. The third kappa shape index (κ3) is 3.64. The van der Waals surface area contributed by atoms with Crippen molar-refractivity contribution in [2.75, 3.05) is 11.9 Å². The predicted molar refractivity (Wildman–Crippen MR) is 91.8 cm³/mol. The zero-order valence-corrected chi connectivity index (χ0v) is 13.7. The third-order valence-electron chi connectivity index (χ3n) is 4.03. The first-order chi connectivity index (χ1) is 11.7. The van der Waals surface area contributed by atoms with Gasteiger partial charge in [0.25, 0.3) is 5.56 Å². The molecule has 0 spiro atoms. The summed E-state index contributed by atoms with van der Waals surface area (Å²) < 4.78 is 5.21. The summed E-state index contributed by atoms with van der Waals surface area (Å²) in [6, 6.07) is 6.99. The molecule has 2 aromatic rings. The van der Waals surface area contributed by atoms with Crippen LogP contribution in [-0.4, -0.2) is 22.5 Å². The number of aromatic amines is 1. The molecule has 6 heteroatoms. The highest BCUT2D eigenvalue weighted by Gasteiger charge is 2.17. The Balaban J connectivity index is 1.74. The molecule has 0 aliphatic heterocycles. The van der Waals surface area contributed by atoms with Gasteiger partial charge in [-0.1, -0.05) is 19.4 Å². The van der Waals surface area contributed by atoms with Crippen LogP contribution in [0.5, 0.6) is 0 Å². The fourth-order valence-electron chi connectivity index (χ4n) is 2.75. The van der Waals surface area contributed by atoms with Gasteiger partial charge in [0.05, 0.1) is 17.9 Å². The second-order valence-corrected chi connectivity index (χ2v) is 5.89. The highest BCUT2D eigenvalue weighted by Crippen LogP contribution is 2.19. The molecule has 2 N–H and O–H groups in total. The average Bonchev–Trinajstić information content (AvgIpc) is 3.04. The number of hydrogen-bond donors (Lipinski definition) is 2. The van der Waals surface area contributed by atoms with E-state index in [-0.39, 0.29) is 11.5 Å². The highest BCUT2D eigenvalue weighted by atomic mass is 16.5. The molecular weight excluding hydrogens is 306 g/mol. The molecular formula is C18H21N3O3. The van der Waals surface area contributed by atoms with E-state index in [1.807, 2.05) is 13.0 Å². The first-order valence-electron chi connectivity index (χ1n) is 8.33. The van der Waals surface area contributed by atoms with E-state index in [4.69, 9.17) is 4.74 Å². The number of rotatable bonds is 6. The zero-order chi connectivity index (χ0) is 16.9. The number of fused-ring (bicyclic) bond motifs is 1. The molecule has 1 aromatic heterocycles. The largest absolute Gasteiger partial charge is 0.462 e. The Labute approximate surface area is 140 Å². The molecule has 1 aliphatic carbocycles. The topological polar surface area (TPSA) is 84.1 Å². The van der Waals surface area contributed by atoms with Crippen molar-refractivity contribution in [3.63, 3.8) is 0 Å². The highest BCUT2D eigenvalue weighted by molar-refractivity contribution is 5.90. The predicted octanol–water partition coefficient (Wildman–Crippen LogP) is 2.96. The minimum Gasteiger partial charge on any atom is -0.462 e. The summed E-state index contributed by atoms with van der Waals surface area (Å²) in [6.07, 6.45) is 4.42. The van der Waals surface area contributed by atoms with Gasteiger partial charge in [-0.05, 0) is 43.9 Å². The molecule has 1 aliphatic rings. The molecule has 24 heavy (non-hydrogen) atoms. The monoisotopic (exact) mass is 327 g/mol. The van der Waals surface area contributed by atoms with Crippen molar-refractivity contribution < 1.29 is 9.53 Å². The Morgan fingerprint density at radius 1 is 1.38 bits per heavy atom. The molecule has 0 radical (unpaired) electrons. The third-order valence-corrected chi connectivity index (χ3v) is 4.03. The van der Waals surface area contributed by atoms with Gasteiger partial charge in [-0.15, -0.1) is 0 Å². The van der Waals surface area contributed by atoms with Crippen LogP contribution in [0.2, 0.25) is 0 Å². The number of benzene rings is 1. The van der Waals surface area contributed by atoms with Gasteiger partial charge in [0.15, 0.2) is 0 Å². The molecule has 0 amide bonds. The molecule has 3 rings (SSSR count). The van der Waals surface area contributed by atoms with Crippen molar-refractivity contribution in [3.05, 3.63) is 51.4 Å². The maximum absolute atomic E-state index is 12.0. The molecule has 1 heterocycles. The summed E-state index contributed by atoms with van der Waals surface area (Å²) in [7, 11) is 0. The van der Waals surface area contributed by atoms with E-state index in [0.717, 1.165) is 43.4 Å². The van der Waals surface area contributed by atoms with Crippen LogP contribution in [0, 0.1) is 0 Å². The fraction of sp³-hybridized carbons (Fsp3) is 0.389. The summed E-state index contributed by atoms with van der Waals surface area (Å²) in [4.78, 5) is 31.3. The lowest BCUT2D eigenvalue weighted by atomic mass is 10.2. The smallest absolute Gasteiger partial charge is 0.338 e. The number of carbonyl (C=O) groups excluding carboxylic acids is 1. The molecule has 0 unspecified atom stereocenters. The van der Waals surface area contributed by atoms with Crippen molar-refractivity contribution in [2.24, 2.45) is 0 Å². The number of H-pyrrole nitrogens is 1. The maximum Gasteiger partial charge on any atom is 0.338 e. The Morgan fingerprint density at radius 2 is 2.25 bits per heavy atom. The first kappa shape index (κ1) is 16.2. The van der Waals surface area contributed by atoms with Crippen molar-refractivity contribution in [1.82, 2.24) is 9.97 Å². The number of ether oxygens (including phenoxy) is 1. The van der Waals surface area contributed by atoms with E-state index < -0.39 is 0 Å². The first-order valence-corrected chi connectivity index (χ1v) is 8.33. The Kier molecular flexibility index (Phi) is 4.93. The summed E-state index contributed by atoms with van der Waals surface area (Å²) in [5.74, 6) is 0.0552. The normalized spacial score (nSPS) is 12.7. The average molecular weight is 327 g/mol. The van der Waals surface area contributed by atoms with Crippen molar-refractivity contribution in [1.29, 1.82) is 0 Å². The van der Waals surface area contributed by atoms with Gasteiger partial charge < -0.3 is 10.1 Å². The molecule has 0 fully saturated rings. The lowest BCUT2D eigenvalue weighted by molar-refractivity contribution is 0.0500. The van der Waals surface area contributed by atoms with E-state index in [9.17, 15) is 9.59 Å². The van der Waals surface area contributed by atoms with Crippen LogP contribution >= 0.6 is 0 Å². The number of carbonyl (C=O) groups is 1. The van der Waals surface area contributed by atoms with Crippen LogP contribution in [0.3, 0.4) is 0 Å².